The van der Waals surface area contributed by atoms with Crippen LogP contribution in [0.2, 0.25) is 0 Å². The first-order valence-corrected chi connectivity index (χ1v) is 25.8. The van der Waals surface area contributed by atoms with Crippen molar-refractivity contribution in [2.45, 2.75) is 56.8 Å². The highest BCUT2D eigenvalue weighted by Gasteiger charge is 2.60. The van der Waals surface area contributed by atoms with Crippen molar-refractivity contribution >= 4 is 44.9 Å². The largest absolute Gasteiger partial charge is 0.310 e. The molecule has 4 aliphatic carbocycles. The number of hydrogen-bond acceptors (Lipinski definition) is 2. The minimum atomic E-state index is -0.198. The Labute approximate surface area is 418 Å². The van der Waals surface area contributed by atoms with Gasteiger partial charge in [-0.25, -0.2) is 0 Å². The lowest BCUT2D eigenvalue weighted by molar-refractivity contribution is 0.177. The molecule has 1 spiro atoms. The second-order valence-electron chi connectivity index (χ2n) is 21.1. The Hall–Kier alpha value is -7.94. The Morgan fingerprint density at radius 1 is 0.366 bits per heavy atom. The zero-order valence-electron chi connectivity index (χ0n) is 40.5. The van der Waals surface area contributed by atoms with Gasteiger partial charge in [-0.05, 0) is 170 Å². The second kappa shape index (κ2) is 16.3. The van der Waals surface area contributed by atoms with E-state index in [0.29, 0.717) is 11.8 Å². The summed E-state index contributed by atoms with van der Waals surface area (Å²) in [6, 6.07) is 87.1. The van der Waals surface area contributed by atoms with Crippen molar-refractivity contribution in [2.75, 3.05) is 9.80 Å². The van der Waals surface area contributed by atoms with Gasteiger partial charge < -0.3 is 9.80 Å². The number of anilines is 6. The van der Waals surface area contributed by atoms with Gasteiger partial charge in [-0.15, -0.1) is 0 Å². The molecular weight excluding hydrogens is 857 g/mol. The third-order valence-electron chi connectivity index (χ3n) is 17.2. The lowest BCUT2D eigenvalue weighted by atomic mass is 9.58. The summed E-state index contributed by atoms with van der Waals surface area (Å²) < 4.78 is 0. The first kappa shape index (κ1) is 42.0. The molecule has 2 nitrogen and oxygen atoms in total. The van der Waals surface area contributed by atoms with Gasteiger partial charge in [0, 0.05) is 33.5 Å². The summed E-state index contributed by atoms with van der Waals surface area (Å²) in [6.45, 7) is 4.81. The van der Waals surface area contributed by atoms with Crippen LogP contribution in [0.3, 0.4) is 0 Å². The quantitative estimate of drug-likeness (QED) is 0.150. The van der Waals surface area contributed by atoms with Crippen LogP contribution in [-0.2, 0) is 23.7 Å². The van der Waals surface area contributed by atoms with Gasteiger partial charge in [-0.1, -0.05) is 190 Å². The van der Waals surface area contributed by atoms with Crippen LogP contribution in [0.4, 0.5) is 34.1 Å². The van der Waals surface area contributed by atoms with Gasteiger partial charge in [-0.2, -0.15) is 0 Å². The van der Waals surface area contributed by atoms with E-state index in [1.54, 1.807) is 0 Å². The molecule has 0 radical (unpaired) electrons. The predicted octanol–water partition coefficient (Wildman–Crippen LogP) is 18.2. The highest BCUT2D eigenvalue weighted by molar-refractivity contribution is 5.99. The topological polar surface area (TPSA) is 6.48 Å². The lowest BCUT2D eigenvalue weighted by Crippen LogP contribution is -2.42. The molecule has 0 aliphatic heterocycles. The highest BCUT2D eigenvalue weighted by Crippen LogP contribution is 2.68. The van der Waals surface area contributed by atoms with Crippen molar-refractivity contribution in [1.29, 1.82) is 0 Å². The Morgan fingerprint density at radius 2 is 0.887 bits per heavy atom. The molecule has 0 amide bonds. The molecule has 0 heterocycles. The molecule has 2 heteroatoms. The number of benzene rings is 10. The zero-order chi connectivity index (χ0) is 47.3. The Morgan fingerprint density at radius 3 is 1.55 bits per heavy atom. The normalized spacial score (nSPS) is 18.7. The van der Waals surface area contributed by atoms with Crippen molar-refractivity contribution in [3.8, 4) is 33.4 Å². The van der Waals surface area contributed by atoms with Gasteiger partial charge in [0.15, 0.2) is 0 Å². The number of para-hydroxylation sites is 2. The molecule has 14 rings (SSSR count). The van der Waals surface area contributed by atoms with Crippen molar-refractivity contribution in [3.05, 3.63) is 264 Å². The SMILES string of the molecule is CC1(C)c2ccccc2-c2ccc(N(c3ccccc3)c3cccc4c3C35c6c(cccc6N(c6ccccc6)c6cc7ccccc7cc6-c6ccc(-c7ccccc7)cc6)CC3CCCC5C4)cc21. The molecule has 1 fully saturated rings. The van der Waals surface area contributed by atoms with Crippen LogP contribution in [0.5, 0.6) is 0 Å². The molecule has 0 aromatic heterocycles. The molecule has 0 bridgehead atoms. The van der Waals surface area contributed by atoms with E-state index < -0.39 is 0 Å². The number of hydrogen-bond donors (Lipinski definition) is 0. The van der Waals surface area contributed by atoms with E-state index in [4.69, 9.17) is 0 Å². The van der Waals surface area contributed by atoms with E-state index in [-0.39, 0.29) is 10.8 Å². The van der Waals surface area contributed by atoms with Crippen molar-refractivity contribution in [3.63, 3.8) is 0 Å². The van der Waals surface area contributed by atoms with Crippen LogP contribution in [0.1, 0.15) is 66.5 Å². The zero-order valence-corrected chi connectivity index (χ0v) is 40.5. The number of nitrogens with zero attached hydrogens (tertiary/aromatic N) is 2. The van der Waals surface area contributed by atoms with E-state index in [9.17, 15) is 0 Å². The summed E-state index contributed by atoms with van der Waals surface area (Å²) in [5, 5.41) is 2.48. The molecule has 3 unspecified atom stereocenters. The summed E-state index contributed by atoms with van der Waals surface area (Å²) in [5.74, 6) is 0.954. The predicted molar refractivity (Wildman–Crippen MR) is 297 cm³/mol. The first-order valence-electron chi connectivity index (χ1n) is 25.8. The van der Waals surface area contributed by atoms with Crippen molar-refractivity contribution < 1.29 is 0 Å². The number of rotatable bonds is 8. The maximum atomic E-state index is 2.64. The van der Waals surface area contributed by atoms with Crippen molar-refractivity contribution in [2.24, 2.45) is 11.8 Å². The minimum absolute atomic E-state index is 0.118. The van der Waals surface area contributed by atoms with Crippen LogP contribution >= 0.6 is 0 Å². The van der Waals surface area contributed by atoms with Gasteiger partial charge in [0.2, 0.25) is 0 Å². The monoisotopic (exact) mass is 912 g/mol. The fourth-order valence-electron chi connectivity index (χ4n) is 14.2. The third-order valence-corrected chi connectivity index (χ3v) is 17.2. The van der Waals surface area contributed by atoms with Crippen molar-refractivity contribution in [1.82, 2.24) is 0 Å². The Kier molecular flexibility index (Phi) is 9.65. The summed E-state index contributed by atoms with van der Waals surface area (Å²) in [5.41, 5.74) is 23.5. The third kappa shape index (κ3) is 6.40. The van der Waals surface area contributed by atoms with Crippen LogP contribution in [-0.4, -0.2) is 0 Å². The summed E-state index contributed by atoms with van der Waals surface area (Å²) in [6.07, 6.45) is 5.87. The maximum absolute atomic E-state index is 2.64. The highest BCUT2D eigenvalue weighted by atomic mass is 15.2. The molecule has 0 N–H and O–H groups in total. The fourth-order valence-corrected chi connectivity index (χ4v) is 14.2. The molecule has 71 heavy (non-hydrogen) atoms. The first-order chi connectivity index (χ1) is 35.0. The summed E-state index contributed by atoms with van der Waals surface area (Å²) in [4.78, 5) is 5.27. The second-order valence-corrected chi connectivity index (χ2v) is 21.1. The Bertz CT molecular complexity index is 3660. The smallest absolute Gasteiger partial charge is 0.0546 e. The van der Waals surface area contributed by atoms with Gasteiger partial charge in [0.1, 0.15) is 0 Å². The lowest BCUT2D eigenvalue weighted by Gasteiger charge is -2.46. The van der Waals surface area contributed by atoms with Gasteiger partial charge >= 0.3 is 0 Å². The minimum Gasteiger partial charge on any atom is -0.310 e. The average Bonchev–Trinajstić information content (AvgIpc) is 4.05. The standard InChI is InChI=1S/C69H56N2/c1-68(2)61-32-15-14-31-58(61)59-40-39-57(45-62(59)68)70(55-27-8-4-9-28-55)63-33-16-23-51-41-53-25-18-26-54-42-52-24-17-34-64(67(52)69(53,54)66(51)63)71(56-29-10-5-11-30-56)65-44-50-22-13-12-21-49(50)43-60(65)48-37-35-47(36-38-48)46-19-6-3-7-20-46/h3-17,19-24,27-40,43-45,53-54H,18,25-26,41-42H2,1-2H3. The maximum Gasteiger partial charge on any atom is 0.0546 e. The van der Waals surface area contributed by atoms with E-state index in [1.807, 2.05) is 0 Å². The van der Waals surface area contributed by atoms with Gasteiger partial charge in [-0.3, -0.25) is 0 Å². The van der Waals surface area contributed by atoms with Gasteiger partial charge in [0.25, 0.3) is 0 Å². The van der Waals surface area contributed by atoms with Crippen LogP contribution in [0.25, 0.3) is 44.2 Å². The molecule has 0 saturated heterocycles. The molecule has 1 saturated carbocycles. The average molecular weight is 913 g/mol. The van der Waals surface area contributed by atoms with E-state index in [1.165, 1.54) is 131 Å². The van der Waals surface area contributed by atoms with Crippen LogP contribution in [0.15, 0.2) is 231 Å². The number of fused-ring (bicyclic) bond motifs is 6. The van der Waals surface area contributed by atoms with Crippen LogP contribution < -0.4 is 9.80 Å². The molecule has 342 valence electrons. The summed E-state index contributed by atoms with van der Waals surface area (Å²) >= 11 is 0. The molecule has 3 atom stereocenters. The fraction of sp³-hybridized carbons (Fsp3) is 0.159. The summed E-state index contributed by atoms with van der Waals surface area (Å²) in [7, 11) is 0. The van der Waals surface area contributed by atoms with Crippen LogP contribution in [0, 0.1) is 11.8 Å². The molecule has 4 aliphatic rings. The molecular formula is C69H56N2. The van der Waals surface area contributed by atoms with E-state index in [0.717, 1.165) is 12.8 Å². The molecule has 10 aromatic rings. The Balaban J connectivity index is 1.00. The van der Waals surface area contributed by atoms with E-state index in [2.05, 4.69) is 254 Å². The molecule has 10 aromatic carbocycles. The van der Waals surface area contributed by atoms with E-state index >= 15 is 0 Å². The van der Waals surface area contributed by atoms with Gasteiger partial charge in [0.05, 0.1) is 17.1 Å².